The number of nitrogens with two attached hydrogens (primary N) is 1. The van der Waals surface area contributed by atoms with E-state index in [-0.39, 0.29) is 6.42 Å². The fraction of sp³-hybridized carbons (Fsp3) is 0.160. The molecule has 4 rings (SSSR count). The normalized spacial score (nSPS) is 12.0. The first kappa shape index (κ1) is 21.9. The number of thiazole rings is 1. The zero-order valence-corrected chi connectivity index (χ0v) is 18.1. The molecule has 2 N–H and O–H groups in total. The zero-order valence-electron chi connectivity index (χ0n) is 17.3. The Hall–Kier alpha value is -3.32. The maximum atomic E-state index is 12.4. The van der Waals surface area contributed by atoms with Gasteiger partial charge in [-0.3, -0.25) is 0 Å². The Labute approximate surface area is 188 Å². The number of aryl methyl sites for hydroxylation is 1. The Morgan fingerprint density at radius 1 is 1.00 bits per heavy atom. The molecule has 0 bridgehead atoms. The van der Waals surface area contributed by atoms with Gasteiger partial charge in [-0.15, -0.1) is 11.3 Å². The third kappa shape index (κ3) is 5.29. The van der Waals surface area contributed by atoms with E-state index in [0.717, 1.165) is 37.7 Å². The van der Waals surface area contributed by atoms with E-state index in [2.05, 4.69) is 4.98 Å². The van der Waals surface area contributed by atoms with Crippen molar-refractivity contribution in [2.24, 2.45) is 0 Å². The second kappa shape index (κ2) is 9.04. The fourth-order valence-electron chi connectivity index (χ4n) is 3.30. The van der Waals surface area contributed by atoms with Gasteiger partial charge in [-0.1, -0.05) is 48.6 Å². The van der Waals surface area contributed by atoms with Crippen LogP contribution in [0.1, 0.15) is 23.1 Å². The van der Waals surface area contributed by atoms with Crippen molar-refractivity contribution in [3.8, 4) is 16.3 Å². The summed E-state index contributed by atoms with van der Waals surface area (Å²) in [5, 5.41) is 0.933. The number of aromatic nitrogens is 1. The lowest BCUT2D eigenvalue weighted by Crippen LogP contribution is -2.08. The minimum Gasteiger partial charge on any atom is -0.497 e. The summed E-state index contributed by atoms with van der Waals surface area (Å²) in [4.78, 5) is 4.69. The molecule has 3 nitrogen and oxygen atoms in total. The van der Waals surface area contributed by atoms with Gasteiger partial charge >= 0.3 is 6.18 Å². The highest BCUT2D eigenvalue weighted by molar-refractivity contribution is 7.21. The van der Waals surface area contributed by atoms with Crippen LogP contribution in [0.3, 0.4) is 0 Å². The van der Waals surface area contributed by atoms with Gasteiger partial charge < -0.3 is 10.5 Å². The highest BCUT2D eigenvalue weighted by atomic mass is 32.1. The molecule has 0 aliphatic rings. The fourth-order valence-corrected chi connectivity index (χ4v) is 4.30. The SMILES string of the molecule is COc1ccc2nc(-c3ccc(C=Cc4ccc(CCC(F)(F)F)cc4N)cc3)sc2c1. The molecule has 1 heterocycles. The third-order valence-electron chi connectivity index (χ3n) is 5.06. The second-order valence-corrected chi connectivity index (χ2v) is 8.42. The first-order valence-electron chi connectivity index (χ1n) is 9.99. The van der Waals surface area contributed by atoms with E-state index in [9.17, 15) is 13.2 Å². The predicted octanol–water partition coefficient (Wildman–Crippen LogP) is 7.22. The molecule has 4 aromatic rings. The quantitative estimate of drug-likeness (QED) is 0.247. The molecular weight excluding hydrogens is 433 g/mol. The molecule has 0 saturated carbocycles. The van der Waals surface area contributed by atoms with Crippen LogP contribution in [0.25, 0.3) is 32.9 Å². The number of alkyl halides is 3. The summed E-state index contributed by atoms with van der Waals surface area (Å²) in [5.41, 5.74) is 10.8. The molecule has 0 saturated heterocycles. The van der Waals surface area contributed by atoms with Crippen molar-refractivity contribution in [2.45, 2.75) is 19.0 Å². The smallest absolute Gasteiger partial charge is 0.389 e. The molecule has 0 aliphatic heterocycles. The number of anilines is 1. The van der Waals surface area contributed by atoms with Crippen molar-refractivity contribution in [3.05, 3.63) is 77.4 Å². The van der Waals surface area contributed by atoms with Gasteiger partial charge in [0.15, 0.2) is 0 Å². The molecule has 7 heteroatoms. The maximum absolute atomic E-state index is 12.4. The number of nitrogens with zero attached hydrogens (tertiary/aromatic N) is 1. The number of hydrogen-bond donors (Lipinski definition) is 1. The molecule has 0 aliphatic carbocycles. The number of rotatable bonds is 6. The predicted molar refractivity (Wildman–Crippen MR) is 126 cm³/mol. The number of benzene rings is 3. The maximum Gasteiger partial charge on any atom is 0.389 e. The van der Waals surface area contributed by atoms with E-state index < -0.39 is 12.6 Å². The van der Waals surface area contributed by atoms with Crippen LogP contribution in [0, 0.1) is 0 Å². The standard InChI is InChI=1S/C25H21F3N2OS/c1-31-20-10-11-22-23(15-20)32-24(30-22)19-8-3-16(4-9-19)2-6-18-7-5-17(14-21(18)29)12-13-25(26,27)28/h2-11,14-15H,12-13,29H2,1H3. The van der Waals surface area contributed by atoms with Crippen molar-refractivity contribution in [2.75, 3.05) is 12.8 Å². The Bertz CT molecular complexity index is 1260. The molecule has 0 radical (unpaired) electrons. The number of fused-ring (bicyclic) bond motifs is 1. The molecule has 0 amide bonds. The van der Waals surface area contributed by atoms with E-state index in [1.807, 2.05) is 54.6 Å². The Kier molecular flexibility index (Phi) is 6.19. The van der Waals surface area contributed by atoms with Crippen molar-refractivity contribution in [1.82, 2.24) is 4.98 Å². The van der Waals surface area contributed by atoms with Crippen molar-refractivity contribution < 1.29 is 17.9 Å². The van der Waals surface area contributed by atoms with Gasteiger partial charge in [0, 0.05) is 17.7 Å². The summed E-state index contributed by atoms with van der Waals surface area (Å²) < 4.78 is 43.5. The van der Waals surface area contributed by atoms with Crippen LogP contribution in [0.5, 0.6) is 5.75 Å². The Morgan fingerprint density at radius 3 is 2.47 bits per heavy atom. The minimum absolute atomic E-state index is 0.0717. The van der Waals surface area contributed by atoms with Crippen molar-refractivity contribution >= 4 is 39.4 Å². The monoisotopic (exact) mass is 454 g/mol. The first-order valence-corrected chi connectivity index (χ1v) is 10.8. The zero-order chi connectivity index (χ0) is 22.7. The minimum atomic E-state index is -4.17. The van der Waals surface area contributed by atoms with Crippen LogP contribution in [-0.2, 0) is 6.42 Å². The van der Waals surface area contributed by atoms with Gasteiger partial charge in [0.05, 0.1) is 17.3 Å². The number of halogens is 3. The summed E-state index contributed by atoms with van der Waals surface area (Å²) in [5.74, 6) is 0.806. The van der Waals surface area contributed by atoms with Crippen molar-refractivity contribution in [1.29, 1.82) is 0 Å². The number of methoxy groups -OCH3 is 1. The van der Waals surface area contributed by atoms with E-state index >= 15 is 0 Å². The second-order valence-electron chi connectivity index (χ2n) is 7.39. The highest BCUT2D eigenvalue weighted by Crippen LogP contribution is 2.32. The number of ether oxygens (including phenoxy) is 1. The lowest BCUT2D eigenvalue weighted by atomic mass is 10.0. The summed E-state index contributed by atoms with van der Waals surface area (Å²) in [7, 11) is 1.64. The number of hydrogen-bond acceptors (Lipinski definition) is 4. The lowest BCUT2D eigenvalue weighted by Gasteiger charge is -2.08. The lowest BCUT2D eigenvalue weighted by molar-refractivity contribution is -0.133. The van der Waals surface area contributed by atoms with Crippen LogP contribution >= 0.6 is 11.3 Å². The van der Waals surface area contributed by atoms with E-state index in [1.54, 1.807) is 36.6 Å². The molecular formula is C25H21F3N2OS. The molecule has 32 heavy (non-hydrogen) atoms. The Balaban J connectivity index is 1.46. The molecule has 3 aromatic carbocycles. The van der Waals surface area contributed by atoms with Crippen molar-refractivity contribution in [3.63, 3.8) is 0 Å². The summed E-state index contributed by atoms with van der Waals surface area (Å²) in [6.07, 6.45) is -1.30. The molecule has 1 aromatic heterocycles. The molecule has 0 unspecified atom stereocenters. The number of nitrogen functional groups attached to an aromatic ring is 1. The van der Waals surface area contributed by atoms with Gasteiger partial charge in [-0.25, -0.2) is 4.98 Å². The average Bonchev–Trinajstić information content (AvgIpc) is 3.20. The van der Waals surface area contributed by atoms with Gasteiger partial charge in [0.2, 0.25) is 0 Å². The van der Waals surface area contributed by atoms with E-state index in [4.69, 9.17) is 10.5 Å². The largest absolute Gasteiger partial charge is 0.497 e. The van der Waals surface area contributed by atoms with Crippen LogP contribution < -0.4 is 10.5 Å². The van der Waals surface area contributed by atoms with Crippen LogP contribution in [0.15, 0.2) is 60.7 Å². The third-order valence-corrected chi connectivity index (χ3v) is 6.12. The highest BCUT2D eigenvalue weighted by Gasteiger charge is 2.26. The van der Waals surface area contributed by atoms with Gasteiger partial charge in [0.25, 0.3) is 0 Å². The van der Waals surface area contributed by atoms with E-state index in [0.29, 0.717) is 11.3 Å². The molecule has 0 atom stereocenters. The molecule has 164 valence electrons. The summed E-state index contributed by atoms with van der Waals surface area (Å²) >= 11 is 1.61. The average molecular weight is 455 g/mol. The molecule has 0 fully saturated rings. The first-order chi connectivity index (χ1) is 15.3. The van der Waals surface area contributed by atoms with Crippen LogP contribution in [-0.4, -0.2) is 18.3 Å². The van der Waals surface area contributed by atoms with Gasteiger partial charge in [-0.05, 0) is 47.4 Å². The summed E-state index contributed by atoms with van der Waals surface area (Å²) in [6, 6.07) is 18.9. The van der Waals surface area contributed by atoms with E-state index in [1.165, 1.54) is 0 Å². The van der Waals surface area contributed by atoms with Crippen LogP contribution in [0.2, 0.25) is 0 Å². The topological polar surface area (TPSA) is 48.1 Å². The Morgan fingerprint density at radius 2 is 1.78 bits per heavy atom. The summed E-state index contributed by atoms with van der Waals surface area (Å²) in [6.45, 7) is 0. The van der Waals surface area contributed by atoms with Crippen LogP contribution in [0.4, 0.5) is 18.9 Å². The molecule has 0 spiro atoms. The van der Waals surface area contributed by atoms with Gasteiger partial charge in [0.1, 0.15) is 10.8 Å². The van der Waals surface area contributed by atoms with Gasteiger partial charge in [-0.2, -0.15) is 13.2 Å².